The van der Waals surface area contributed by atoms with E-state index in [-0.39, 0.29) is 11.0 Å². The fourth-order valence-electron chi connectivity index (χ4n) is 4.90. The fraction of sp³-hybridized carbons (Fsp3) is 0.276. The van der Waals surface area contributed by atoms with Crippen LogP contribution in [-0.2, 0) is 16.0 Å². The molecule has 0 saturated heterocycles. The SMILES string of the molecule is COC(=O)C1=Cc2cccc(O[Si](c3ccccc3)(c3ccccc3)C(C)(C)C)c2CCC1. The van der Waals surface area contributed by atoms with E-state index in [4.69, 9.17) is 9.16 Å². The Hall–Kier alpha value is -3.11. The average Bonchev–Trinajstić information content (AvgIpc) is 3.05. The Bertz CT molecular complexity index is 1100. The molecule has 1 aliphatic rings. The Labute approximate surface area is 198 Å². The smallest absolute Gasteiger partial charge is 0.333 e. The van der Waals surface area contributed by atoms with Gasteiger partial charge in [-0.15, -0.1) is 0 Å². The van der Waals surface area contributed by atoms with Crippen LogP contribution >= 0.6 is 0 Å². The molecule has 0 atom stereocenters. The molecule has 0 fully saturated rings. The number of carbonyl (C=O) groups is 1. The normalized spacial score (nSPS) is 14.0. The van der Waals surface area contributed by atoms with Gasteiger partial charge in [0.05, 0.1) is 7.11 Å². The minimum Gasteiger partial charge on any atom is -0.534 e. The molecule has 4 heteroatoms. The Morgan fingerprint density at radius 1 is 0.818 bits per heavy atom. The molecule has 1 aliphatic carbocycles. The number of benzene rings is 3. The molecule has 0 N–H and O–H groups in total. The number of hydrogen-bond donors (Lipinski definition) is 0. The molecule has 3 nitrogen and oxygen atoms in total. The first-order valence-electron chi connectivity index (χ1n) is 11.6. The molecule has 0 amide bonds. The molecule has 170 valence electrons. The van der Waals surface area contributed by atoms with Crippen LogP contribution in [0.3, 0.4) is 0 Å². The van der Waals surface area contributed by atoms with E-state index in [1.165, 1.54) is 23.0 Å². The quantitative estimate of drug-likeness (QED) is 0.375. The van der Waals surface area contributed by atoms with Gasteiger partial charge in [0.1, 0.15) is 5.75 Å². The molecule has 0 radical (unpaired) electrons. The topological polar surface area (TPSA) is 35.5 Å². The number of carbonyl (C=O) groups excluding carboxylic acids is 1. The third-order valence-electron chi connectivity index (χ3n) is 6.50. The lowest BCUT2D eigenvalue weighted by Crippen LogP contribution is -2.68. The third-order valence-corrected chi connectivity index (χ3v) is 11.4. The van der Waals surface area contributed by atoms with Crippen molar-refractivity contribution in [2.45, 2.75) is 45.1 Å². The summed E-state index contributed by atoms with van der Waals surface area (Å²) in [6, 6.07) is 27.6. The van der Waals surface area contributed by atoms with Crippen LogP contribution in [0, 0.1) is 0 Å². The summed E-state index contributed by atoms with van der Waals surface area (Å²) in [5, 5.41) is 2.39. The van der Waals surface area contributed by atoms with Gasteiger partial charge in [-0.25, -0.2) is 4.79 Å². The summed E-state index contributed by atoms with van der Waals surface area (Å²) in [5.74, 6) is 0.672. The Morgan fingerprint density at radius 2 is 1.42 bits per heavy atom. The number of fused-ring (bicyclic) bond motifs is 1. The maximum atomic E-state index is 12.2. The third kappa shape index (κ3) is 4.40. The highest BCUT2D eigenvalue weighted by atomic mass is 28.4. The summed E-state index contributed by atoms with van der Waals surface area (Å²) in [6.07, 6.45) is 4.43. The largest absolute Gasteiger partial charge is 0.534 e. The van der Waals surface area contributed by atoms with E-state index in [9.17, 15) is 4.79 Å². The molecule has 0 bridgehead atoms. The molecule has 0 aliphatic heterocycles. The van der Waals surface area contributed by atoms with Crippen molar-refractivity contribution in [3.8, 4) is 5.75 Å². The van der Waals surface area contributed by atoms with Gasteiger partial charge in [-0.2, -0.15) is 0 Å². The molecule has 0 spiro atoms. The van der Waals surface area contributed by atoms with Gasteiger partial charge in [-0.1, -0.05) is 93.6 Å². The van der Waals surface area contributed by atoms with Gasteiger partial charge in [-0.05, 0) is 57.9 Å². The van der Waals surface area contributed by atoms with Gasteiger partial charge in [0.2, 0.25) is 0 Å². The molecule has 3 aromatic carbocycles. The van der Waals surface area contributed by atoms with Gasteiger partial charge in [-0.3, -0.25) is 0 Å². The molecular weight excluding hydrogens is 424 g/mol. The lowest BCUT2D eigenvalue weighted by atomic mass is 10.0. The minimum absolute atomic E-state index is 0.115. The van der Waals surface area contributed by atoms with Gasteiger partial charge < -0.3 is 9.16 Å². The van der Waals surface area contributed by atoms with Crippen molar-refractivity contribution in [2.75, 3.05) is 7.11 Å². The van der Waals surface area contributed by atoms with Crippen molar-refractivity contribution in [3.05, 3.63) is 95.6 Å². The zero-order chi connectivity index (χ0) is 23.5. The van der Waals surface area contributed by atoms with Crippen molar-refractivity contribution in [1.29, 1.82) is 0 Å². The average molecular weight is 457 g/mol. The van der Waals surface area contributed by atoms with E-state index < -0.39 is 8.32 Å². The molecule has 0 aromatic heterocycles. The van der Waals surface area contributed by atoms with E-state index >= 15 is 0 Å². The van der Waals surface area contributed by atoms with Crippen molar-refractivity contribution in [1.82, 2.24) is 0 Å². The highest BCUT2D eigenvalue weighted by Crippen LogP contribution is 2.40. The van der Waals surface area contributed by atoms with Crippen LogP contribution in [0.2, 0.25) is 5.04 Å². The summed E-state index contributed by atoms with van der Waals surface area (Å²) in [6.45, 7) is 6.86. The van der Waals surface area contributed by atoms with Crippen LogP contribution in [0.4, 0.5) is 0 Å². The van der Waals surface area contributed by atoms with E-state index in [0.717, 1.165) is 29.7 Å². The zero-order valence-electron chi connectivity index (χ0n) is 19.9. The molecule has 0 unspecified atom stereocenters. The van der Waals surface area contributed by atoms with E-state index in [1.807, 2.05) is 12.1 Å². The van der Waals surface area contributed by atoms with Crippen LogP contribution < -0.4 is 14.8 Å². The molecular formula is C29H32O3Si. The van der Waals surface area contributed by atoms with Crippen LogP contribution in [0.5, 0.6) is 5.75 Å². The number of ether oxygens (including phenoxy) is 1. The van der Waals surface area contributed by atoms with Gasteiger partial charge in [0, 0.05) is 5.57 Å². The van der Waals surface area contributed by atoms with Crippen LogP contribution in [0.15, 0.2) is 84.4 Å². The number of hydrogen-bond acceptors (Lipinski definition) is 3. The van der Waals surface area contributed by atoms with Crippen molar-refractivity contribution >= 4 is 30.7 Å². The second-order valence-corrected chi connectivity index (χ2v) is 13.8. The Morgan fingerprint density at radius 3 is 1.97 bits per heavy atom. The molecule has 0 heterocycles. The fourth-order valence-corrected chi connectivity index (χ4v) is 9.35. The monoisotopic (exact) mass is 456 g/mol. The first-order chi connectivity index (χ1) is 15.9. The highest BCUT2D eigenvalue weighted by molar-refractivity contribution is 7.00. The van der Waals surface area contributed by atoms with E-state index in [1.54, 1.807) is 0 Å². The zero-order valence-corrected chi connectivity index (χ0v) is 20.9. The van der Waals surface area contributed by atoms with Gasteiger partial charge in [0.15, 0.2) is 0 Å². The van der Waals surface area contributed by atoms with Gasteiger partial charge >= 0.3 is 14.3 Å². The summed E-state index contributed by atoms with van der Waals surface area (Å²) < 4.78 is 12.3. The number of esters is 1. The molecule has 33 heavy (non-hydrogen) atoms. The van der Waals surface area contributed by atoms with E-state index in [0.29, 0.717) is 6.42 Å². The summed E-state index contributed by atoms with van der Waals surface area (Å²) in [4.78, 5) is 12.2. The van der Waals surface area contributed by atoms with E-state index in [2.05, 4.69) is 93.6 Å². The first kappa shape index (κ1) is 23.1. The second kappa shape index (κ2) is 9.40. The van der Waals surface area contributed by atoms with Crippen molar-refractivity contribution < 1.29 is 14.0 Å². The summed E-state index contributed by atoms with van der Waals surface area (Å²) in [5.41, 5.74) is 2.94. The Kier molecular flexibility index (Phi) is 6.57. The standard InChI is InChI=1S/C29H32O3Si/c1-29(2,3)33(24-15-7-5-8-16-24,25-17-9-6-10-18-25)32-27-20-12-13-22-21-23(28(30)31-4)14-11-19-26(22)27/h5-10,12-13,15-18,20-21H,11,14,19H2,1-4H3. The minimum atomic E-state index is -2.72. The lowest BCUT2D eigenvalue weighted by Gasteiger charge is -2.43. The maximum absolute atomic E-state index is 12.2. The molecule has 3 aromatic rings. The van der Waals surface area contributed by atoms with Crippen molar-refractivity contribution in [2.24, 2.45) is 0 Å². The second-order valence-electron chi connectivity index (χ2n) is 9.60. The van der Waals surface area contributed by atoms with Crippen LogP contribution in [-0.4, -0.2) is 21.4 Å². The number of rotatable bonds is 5. The maximum Gasteiger partial charge on any atom is 0.333 e. The van der Waals surface area contributed by atoms with Crippen LogP contribution in [0.1, 0.15) is 44.7 Å². The predicted molar refractivity (Wildman–Crippen MR) is 138 cm³/mol. The molecule has 4 rings (SSSR count). The van der Waals surface area contributed by atoms with Gasteiger partial charge in [0.25, 0.3) is 0 Å². The summed E-state index contributed by atoms with van der Waals surface area (Å²) in [7, 11) is -1.28. The molecule has 0 saturated carbocycles. The first-order valence-corrected chi connectivity index (χ1v) is 13.5. The Balaban J connectivity index is 1.91. The van der Waals surface area contributed by atoms with Crippen LogP contribution in [0.25, 0.3) is 6.08 Å². The summed E-state index contributed by atoms with van der Waals surface area (Å²) >= 11 is 0. The predicted octanol–water partition coefficient (Wildman–Crippen LogP) is 5.52. The van der Waals surface area contributed by atoms with Crippen molar-refractivity contribution in [3.63, 3.8) is 0 Å². The lowest BCUT2D eigenvalue weighted by molar-refractivity contribution is -0.136. The highest BCUT2D eigenvalue weighted by Gasteiger charge is 2.52. The number of methoxy groups -OCH3 is 1.